The summed E-state index contributed by atoms with van der Waals surface area (Å²) in [6.45, 7) is 1.95. The molecule has 3 aromatic heterocycles. The van der Waals surface area contributed by atoms with Crippen LogP contribution in [-0.4, -0.2) is 41.5 Å². The first-order valence-corrected chi connectivity index (χ1v) is 13.9. The van der Waals surface area contributed by atoms with Crippen molar-refractivity contribution in [3.05, 3.63) is 114 Å². The highest BCUT2D eigenvalue weighted by atomic mass is 19.1. The van der Waals surface area contributed by atoms with Crippen LogP contribution in [0.25, 0.3) is 22.4 Å². The standard InChI is InChI=1S/C22H19FN6O.C10H7FN4/c1-13-6-7-14(22(30)27-15-8-9-15)10-18(13)28-20-16-11-26-29(21(16)25-12-24-20)19-5-3-2-4-17(19)23;11-8-3-1-2-4-9(8)15-10(13)7(5-12)6-14-15/h2-7,10-12,15H,8-9H2,1H3,(H,27,30)(H,24,25,28);1-4,6H,13H2. The number of hydrogen-bond acceptors (Lipinski definition) is 8. The fraction of sp³-hybridized carbons (Fsp3) is 0.125. The summed E-state index contributed by atoms with van der Waals surface area (Å²) in [7, 11) is 0. The van der Waals surface area contributed by atoms with Gasteiger partial charge in [0, 0.05) is 17.3 Å². The second-order valence-electron chi connectivity index (χ2n) is 10.3. The van der Waals surface area contributed by atoms with E-state index in [0.29, 0.717) is 34.1 Å². The maximum absolute atomic E-state index is 14.2. The van der Waals surface area contributed by atoms with E-state index in [4.69, 9.17) is 11.0 Å². The topological polar surface area (TPSA) is 152 Å². The van der Waals surface area contributed by atoms with Gasteiger partial charge >= 0.3 is 0 Å². The number of anilines is 3. The van der Waals surface area contributed by atoms with E-state index in [1.54, 1.807) is 42.6 Å². The number of carbonyl (C=O) groups excluding carboxylic acids is 1. The van der Waals surface area contributed by atoms with Crippen molar-refractivity contribution in [2.24, 2.45) is 0 Å². The smallest absolute Gasteiger partial charge is 0.251 e. The zero-order valence-electron chi connectivity index (χ0n) is 23.9. The Morgan fingerprint density at radius 1 is 0.956 bits per heavy atom. The van der Waals surface area contributed by atoms with Gasteiger partial charge in [0.1, 0.15) is 52.6 Å². The molecule has 0 saturated heterocycles. The Labute approximate surface area is 256 Å². The second kappa shape index (κ2) is 12.2. The number of nitriles is 1. The Kier molecular flexibility index (Phi) is 7.85. The molecule has 11 nitrogen and oxygen atoms in total. The van der Waals surface area contributed by atoms with Crippen molar-refractivity contribution in [2.75, 3.05) is 11.1 Å². The van der Waals surface area contributed by atoms with Gasteiger partial charge in [-0.3, -0.25) is 4.79 Å². The number of amides is 1. The number of aromatic nitrogens is 6. The number of nitrogens with one attached hydrogen (secondary N) is 2. The maximum atomic E-state index is 14.2. The summed E-state index contributed by atoms with van der Waals surface area (Å²) in [6.07, 6.45) is 6.38. The Balaban J connectivity index is 0.000000200. The van der Waals surface area contributed by atoms with E-state index in [1.165, 1.54) is 34.0 Å². The zero-order valence-corrected chi connectivity index (χ0v) is 23.9. The highest BCUT2D eigenvalue weighted by Crippen LogP contribution is 2.28. The van der Waals surface area contributed by atoms with Crippen LogP contribution in [-0.2, 0) is 0 Å². The minimum Gasteiger partial charge on any atom is -0.382 e. The Morgan fingerprint density at radius 2 is 1.62 bits per heavy atom. The molecule has 6 aromatic rings. The molecule has 1 fully saturated rings. The van der Waals surface area contributed by atoms with Gasteiger partial charge in [-0.1, -0.05) is 30.3 Å². The molecule has 0 aliphatic heterocycles. The lowest BCUT2D eigenvalue weighted by Gasteiger charge is -2.12. The molecule has 7 rings (SSSR count). The first-order valence-electron chi connectivity index (χ1n) is 13.9. The molecular weight excluding hydrogens is 578 g/mol. The highest BCUT2D eigenvalue weighted by Gasteiger charge is 2.24. The molecular formula is C32H26F2N10O. The lowest BCUT2D eigenvalue weighted by atomic mass is 10.1. The number of fused-ring (bicyclic) bond motifs is 1. The van der Waals surface area contributed by atoms with Gasteiger partial charge in [-0.25, -0.2) is 28.1 Å². The van der Waals surface area contributed by atoms with Crippen LogP contribution in [0.5, 0.6) is 0 Å². The van der Waals surface area contributed by atoms with Crippen LogP contribution in [0.4, 0.5) is 26.1 Å². The average molecular weight is 605 g/mol. The molecule has 1 amide bonds. The number of para-hydroxylation sites is 2. The van der Waals surface area contributed by atoms with Crippen LogP contribution in [0.3, 0.4) is 0 Å². The monoisotopic (exact) mass is 604 g/mol. The van der Waals surface area contributed by atoms with Crippen LogP contribution in [0, 0.1) is 29.9 Å². The predicted molar refractivity (Wildman–Crippen MR) is 164 cm³/mol. The van der Waals surface area contributed by atoms with Crippen LogP contribution in [0.2, 0.25) is 0 Å². The van der Waals surface area contributed by atoms with E-state index in [0.717, 1.165) is 24.1 Å². The first-order chi connectivity index (χ1) is 21.8. The molecule has 0 radical (unpaired) electrons. The molecule has 0 unspecified atom stereocenters. The summed E-state index contributed by atoms with van der Waals surface area (Å²) >= 11 is 0. The third-order valence-electron chi connectivity index (χ3n) is 7.12. The van der Waals surface area contributed by atoms with Crippen LogP contribution in [0.15, 0.2) is 85.5 Å². The Hall–Kier alpha value is -6.16. The molecule has 224 valence electrons. The van der Waals surface area contributed by atoms with E-state index in [2.05, 4.69) is 30.8 Å². The number of halogens is 2. The van der Waals surface area contributed by atoms with Crippen molar-refractivity contribution >= 4 is 34.3 Å². The van der Waals surface area contributed by atoms with E-state index >= 15 is 0 Å². The van der Waals surface area contributed by atoms with Gasteiger partial charge in [-0.05, 0) is 61.7 Å². The number of carbonyl (C=O) groups is 1. The van der Waals surface area contributed by atoms with Crippen molar-refractivity contribution in [3.63, 3.8) is 0 Å². The third-order valence-corrected chi connectivity index (χ3v) is 7.12. The normalized spacial score (nSPS) is 12.2. The van der Waals surface area contributed by atoms with Gasteiger partial charge < -0.3 is 16.4 Å². The van der Waals surface area contributed by atoms with E-state index in [-0.39, 0.29) is 28.8 Å². The van der Waals surface area contributed by atoms with E-state index in [9.17, 15) is 13.6 Å². The minimum absolute atomic E-state index is 0.0826. The number of nitrogens with two attached hydrogens (primary N) is 1. The molecule has 3 aromatic carbocycles. The van der Waals surface area contributed by atoms with Gasteiger partial charge in [-0.15, -0.1) is 0 Å². The van der Waals surface area contributed by atoms with E-state index < -0.39 is 5.82 Å². The molecule has 3 heterocycles. The predicted octanol–water partition coefficient (Wildman–Crippen LogP) is 5.36. The molecule has 0 spiro atoms. The van der Waals surface area contributed by atoms with Crippen LogP contribution < -0.4 is 16.4 Å². The maximum Gasteiger partial charge on any atom is 0.251 e. The van der Waals surface area contributed by atoms with Crippen molar-refractivity contribution in [2.45, 2.75) is 25.8 Å². The van der Waals surface area contributed by atoms with Gasteiger partial charge in [0.15, 0.2) is 5.65 Å². The first kappa shape index (κ1) is 28.9. The molecule has 45 heavy (non-hydrogen) atoms. The largest absolute Gasteiger partial charge is 0.382 e. The van der Waals surface area contributed by atoms with Gasteiger partial charge in [-0.2, -0.15) is 15.5 Å². The molecule has 1 aliphatic carbocycles. The summed E-state index contributed by atoms with van der Waals surface area (Å²) in [4.78, 5) is 21.0. The van der Waals surface area contributed by atoms with Crippen molar-refractivity contribution < 1.29 is 13.6 Å². The lowest BCUT2D eigenvalue weighted by Crippen LogP contribution is -2.25. The summed E-state index contributed by atoms with van der Waals surface area (Å²) in [6, 6.07) is 20.2. The Morgan fingerprint density at radius 3 is 2.27 bits per heavy atom. The molecule has 4 N–H and O–H groups in total. The number of hydrogen-bond donors (Lipinski definition) is 3. The fourth-order valence-corrected chi connectivity index (χ4v) is 4.52. The lowest BCUT2D eigenvalue weighted by molar-refractivity contribution is 0.0951. The van der Waals surface area contributed by atoms with Gasteiger partial charge in [0.05, 0.1) is 17.8 Å². The van der Waals surface area contributed by atoms with Crippen molar-refractivity contribution in [1.29, 1.82) is 5.26 Å². The van der Waals surface area contributed by atoms with Gasteiger partial charge in [0.2, 0.25) is 0 Å². The summed E-state index contributed by atoms with van der Waals surface area (Å²) in [5.41, 5.74) is 9.20. The van der Waals surface area contributed by atoms with Crippen molar-refractivity contribution in [1.82, 2.24) is 34.8 Å². The SMILES string of the molecule is Cc1ccc(C(=O)NC2CC2)cc1Nc1ncnc2c1cnn2-c1ccccc1F.N#Cc1cnn(-c2ccccc2F)c1N. The fourth-order valence-electron chi connectivity index (χ4n) is 4.52. The Bertz CT molecular complexity index is 2080. The van der Waals surface area contributed by atoms with Crippen LogP contribution in [0.1, 0.15) is 34.3 Å². The minimum atomic E-state index is -0.434. The number of nitrogen functional groups attached to an aromatic ring is 1. The number of rotatable bonds is 6. The van der Waals surface area contributed by atoms with Crippen LogP contribution >= 0.6 is 0 Å². The molecule has 1 aliphatic rings. The molecule has 13 heteroatoms. The summed E-state index contributed by atoms with van der Waals surface area (Å²) in [5.74, 6) is -0.230. The number of benzene rings is 3. The second-order valence-corrected chi connectivity index (χ2v) is 10.3. The van der Waals surface area contributed by atoms with E-state index in [1.807, 2.05) is 31.2 Å². The number of nitrogens with zero attached hydrogens (tertiary/aromatic N) is 7. The molecule has 0 atom stereocenters. The summed E-state index contributed by atoms with van der Waals surface area (Å²) < 4.78 is 30.3. The molecule has 0 bridgehead atoms. The highest BCUT2D eigenvalue weighted by molar-refractivity contribution is 5.96. The van der Waals surface area contributed by atoms with Crippen molar-refractivity contribution in [3.8, 4) is 17.4 Å². The quantitative estimate of drug-likeness (QED) is 0.230. The summed E-state index contributed by atoms with van der Waals surface area (Å²) in [5, 5.41) is 23.7. The average Bonchev–Trinajstić information content (AvgIpc) is 3.63. The van der Waals surface area contributed by atoms with Gasteiger partial charge in [0.25, 0.3) is 5.91 Å². The zero-order chi connectivity index (χ0) is 31.5. The number of aryl methyl sites for hydroxylation is 1. The third kappa shape index (κ3) is 6.02. The molecule has 1 saturated carbocycles.